The molecule has 0 bridgehead atoms. The molecular weight excluding hydrogens is 348 g/mol. The number of hydrogen-bond acceptors (Lipinski definition) is 3. The number of hydrogen-bond donors (Lipinski definition) is 1. The number of aldehydes is 1. The SMILES string of the molecule is O=CC(=O)c1cc(CNCc2ccc(F)cc2)cc(-c2ccc(F)cc2)c1. The summed E-state index contributed by atoms with van der Waals surface area (Å²) < 4.78 is 26.1. The fourth-order valence-corrected chi connectivity index (χ4v) is 2.77. The van der Waals surface area contributed by atoms with Crippen LogP contribution in [0.15, 0.2) is 66.7 Å². The Morgan fingerprint density at radius 1 is 0.778 bits per heavy atom. The molecule has 3 aromatic rings. The Hall–Kier alpha value is -3.18. The van der Waals surface area contributed by atoms with E-state index in [0.717, 1.165) is 22.3 Å². The number of carbonyl (C=O) groups is 2. The molecule has 0 aliphatic carbocycles. The van der Waals surface area contributed by atoms with Crippen molar-refractivity contribution in [3.05, 3.63) is 95.1 Å². The van der Waals surface area contributed by atoms with Gasteiger partial charge in [-0.2, -0.15) is 0 Å². The number of halogens is 2. The van der Waals surface area contributed by atoms with E-state index >= 15 is 0 Å². The summed E-state index contributed by atoms with van der Waals surface area (Å²) in [7, 11) is 0. The summed E-state index contributed by atoms with van der Waals surface area (Å²) in [6.07, 6.45) is 0.277. The highest BCUT2D eigenvalue weighted by Crippen LogP contribution is 2.23. The van der Waals surface area contributed by atoms with Gasteiger partial charge < -0.3 is 5.32 Å². The Kier molecular flexibility index (Phi) is 5.84. The van der Waals surface area contributed by atoms with Crippen molar-refractivity contribution in [1.82, 2.24) is 5.32 Å². The van der Waals surface area contributed by atoms with Gasteiger partial charge in [0.05, 0.1) is 0 Å². The minimum atomic E-state index is -0.612. The van der Waals surface area contributed by atoms with E-state index in [4.69, 9.17) is 0 Å². The van der Waals surface area contributed by atoms with Gasteiger partial charge in [0.15, 0.2) is 6.29 Å². The van der Waals surface area contributed by atoms with Crippen LogP contribution in [-0.2, 0) is 17.9 Å². The normalized spacial score (nSPS) is 10.6. The Bertz CT molecular complexity index is 951. The molecule has 5 heteroatoms. The number of Topliss-reactive ketones (excluding diaryl/α,β-unsaturated/α-hetero) is 1. The first-order valence-electron chi connectivity index (χ1n) is 8.40. The van der Waals surface area contributed by atoms with Gasteiger partial charge in [-0.3, -0.25) is 9.59 Å². The molecule has 0 aliphatic rings. The van der Waals surface area contributed by atoms with Crippen LogP contribution in [0.1, 0.15) is 21.5 Å². The number of nitrogens with one attached hydrogen (secondary N) is 1. The maximum atomic E-state index is 13.2. The monoisotopic (exact) mass is 365 g/mol. The van der Waals surface area contributed by atoms with E-state index in [9.17, 15) is 18.4 Å². The van der Waals surface area contributed by atoms with Gasteiger partial charge in [-0.25, -0.2) is 8.78 Å². The third-order valence-corrected chi connectivity index (χ3v) is 4.13. The van der Waals surface area contributed by atoms with Crippen LogP contribution >= 0.6 is 0 Å². The predicted octanol–water partition coefficient (Wildman–Crippen LogP) is 4.30. The van der Waals surface area contributed by atoms with Crippen LogP contribution in [0.4, 0.5) is 8.78 Å². The van der Waals surface area contributed by atoms with E-state index in [1.54, 1.807) is 36.4 Å². The Balaban J connectivity index is 1.81. The molecule has 0 aliphatic heterocycles. The number of carbonyl (C=O) groups excluding carboxylic acids is 2. The molecule has 0 amide bonds. The molecule has 0 unspecified atom stereocenters. The zero-order valence-electron chi connectivity index (χ0n) is 14.4. The molecule has 0 saturated carbocycles. The maximum Gasteiger partial charge on any atom is 0.225 e. The third kappa shape index (κ3) is 4.92. The lowest BCUT2D eigenvalue weighted by molar-refractivity contribution is -0.104. The van der Waals surface area contributed by atoms with Crippen molar-refractivity contribution < 1.29 is 18.4 Å². The first kappa shape index (κ1) is 18.6. The van der Waals surface area contributed by atoms with Gasteiger partial charge in [-0.05, 0) is 64.7 Å². The van der Waals surface area contributed by atoms with Crippen molar-refractivity contribution in [1.29, 1.82) is 0 Å². The predicted molar refractivity (Wildman–Crippen MR) is 99.2 cm³/mol. The zero-order valence-corrected chi connectivity index (χ0v) is 14.4. The van der Waals surface area contributed by atoms with E-state index in [1.165, 1.54) is 24.3 Å². The molecule has 0 saturated heterocycles. The molecule has 0 aromatic heterocycles. The Morgan fingerprint density at radius 3 is 2.00 bits per heavy atom. The summed E-state index contributed by atoms with van der Waals surface area (Å²) in [4.78, 5) is 22.7. The van der Waals surface area contributed by atoms with E-state index < -0.39 is 5.78 Å². The zero-order chi connectivity index (χ0) is 19.2. The van der Waals surface area contributed by atoms with Crippen LogP contribution < -0.4 is 5.32 Å². The lowest BCUT2D eigenvalue weighted by Crippen LogP contribution is -2.13. The summed E-state index contributed by atoms with van der Waals surface area (Å²) in [5.41, 5.74) is 3.49. The smallest absolute Gasteiger partial charge is 0.225 e. The molecule has 1 N–H and O–H groups in total. The molecule has 27 heavy (non-hydrogen) atoms. The molecule has 0 heterocycles. The van der Waals surface area contributed by atoms with Crippen molar-refractivity contribution in [2.45, 2.75) is 13.1 Å². The number of ketones is 1. The minimum absolute atomic E-state index is 0.277. The minimum Gasteiger partial charge on any atom is -0.309 e. The topological polar surface area (TPSA) is 46.2 Å². The molecule has 136 valence electrons. The van der Waals surface area contributed by atoms with Crippen molar-refractivity contribution in [3.63, 3.8) is 0 Å². The molecule has 0 fully saturated rings. The van der Waals surface area contributed by atoms with E-state index in [2.05, 4.69) is 5.32 Å². The second-order valence-corrected chi connectivity index (χ2v) is 6.14. The van der Waals surface area contributed by atoms with Gasteiger partial charge in [-0.1, -0.05) is 24.3 Å². The number of benzene rings is 3. The van der Waals surface area contributed by atoms with Crippen LogP contribution in [0.5, 0.6) is 0 Å². The highest BCUT2D eigenvalue weighted by Gasteiger charge is 2.09. The standard InChI is InChI=1S/C22H17F2NO2/c23-20-5-1-15(2-6-20)12-25-13-16-9-18(11-19(10-16)22(27)14-26)17-3-7-21(24)8-4-17/h1-11,14,25H,12-13H2. The van der Waals surface area contributed by atoms with Crippen LogP contribution in [-0.4, -0.2) is 12.1 Å². The van der Waals surface area contributed by atoms with Gasteiger partial charge in [0.1, 0.15) is 11.6 Å². The molecule has 0 atom stereocenters. The second kappa shape index (κ2) is 8.47. The molecule has 3 rings (SSSR count). The summed E-state index contributed by atoms with van der Waals surface area (Å²) >= 11 is 0. The van der Waals surface area contributed by atoms with E-state index in [-0.39, 0.29) is 23.5 Å². The fourth-order valence-electron chi connectivity index (χ4n) is 2.77. The number of rotatable bonds is 7. The maximum absolute atomic E-state index is 13.2. The highest BCUT2D eigenvalue weighted by atomic mass is 19.1. The lowest BCUT2D eigenvalue weighted by Gasteiger charge is -2.10. The molecule has 0 radical (unpaired) electrons. The van der Waals surface area contributed by atoms with E-state index in [0.29, 0.717) is 13.1 Å². The lowest BCUT2D eigenvalue weighted by atomic mass is 9.98. The molecule has 3 aromatic carbocycles. The van der Waals surface area contributed by atoms with Crippen molar-refractivity contribution in [2.24, 2.45) is 0 Å². The summed E-state index contributed by atoms with van der Waals surface area (Å²) in [6.45, 7) is 0.976. The average molecular weight is 365 g/mol. The van der Waals surface area contributed by atoms with Crippen LogP contribution in [0.25, 0.3) is 11.1 Å². The molecule has 3 nitrogen and oxygen atoms in total. The summed E-state index contributed by atoms with van der Waals surface area (Å²) in [6, 6.07) is 17.3. The first-order chi connectivity index (χ1) is 13.0. The first-order valence-corrected chi connectivity index (χ1v) is 8.40. The van der Waals surface area contributed by atoms with Crippen molar-refractivity contribution >= 4 is 12.1 Å². The Labute approximate surface area is 155 Å². The van der Waals surface area contributed by atoms with Gasteiger partial charge in [0, 0.05) is 18.7 Å². The summed E-state index contributed by atoms with van der Waals surface area (Å²) in [5.74, 6) is -1.25. The van der Waals surface area contributed by atoms with Crippen LogP contribution in [0, 0.1) is 11.6 Å². The quantitative estimate of drug-likeness (QED) is 0.386. The van der Waals surface area contributed by atoms with E-state index in [1.807, 2.05) is 6.07 Å². The van der Waals surface area contributed by atoms with Gasteiger partial charge in [0.2, 0.25) is 5.78 Å². The van der Waals surface area contributed by atoms with Crippen LogP contribution in [0.2, 0.25) is 0 Å². The molecular formula is C22H17F2NO2. The van der Waals surface area contributed by atoms with Crippen molar-refractivity contribution in [3.8, 4) is 11.1 Å². The van der Waals surface area contributed by atoms with Crippen LogP contribution in [0.3, 0.4) is 0 Å². The molecule has 0 spiro atoms. The van der Waals surface area contributed by atoms with Crippen molar-refractivity contribution in [2.75, 3.05) is 0 Å². The highest BCUT2D eigenvalue weighted by molar-refractivity contribution is 6.33. The summed E-state index contributed by atoms with van der Waals surface area (Å²) in [5, 5.41) is 3.23. The average Bonchev–Trinajstić information content (AvgIpc) is 2.69. The third-order valence-electron chi connectivity index (χ3n) is 4.13. The Morgan fingerprint density at radius 2 is 1.37 bits per heavy atom. The van der Waals surface area contributed by atoms with Gasteiger partial charge in [-0.15, -0.1) is 0 Å². The largest absolute Gasteiger partial charge is 0.309 e. The van der Waals surface area contributed by atoms with Gasteiger partial charge >= 0.3 is 0 Å². The fraction of sp³-hybridized carbons (Fsp3) is 0.0909. The second-order valence-electron chi connectivity index (χ2n) is 6.14. The van der Waals surface area contributed by atoms with Gasteiger partial charge in [0.25, 0.3) is 0 Å².